The highest BCUT2D eigenvalue weighted by atomic mass is 16.5. The molecule has 2 N–H and O–H groups in total. The first-order valence-corrected chi connectivity index (χ1v) is 5.83. The fourth-order valence-electron chi connectivity index (χ4n) is 1.39. The number of amides is 1. The Morgan fingerprint density at radius 2 is 2.16 bits per heavy atom. The number of ether oxygens (including phenoxy) is 1. The van der Waals surface area contributed by atoms with Gasteiger partial charge in [0, 0.05) is 13.7 Å². The molecule has 1 heterocycles. The third kappa shape index (κ3) is 4.19. The Balaban J connectivity index is 2.61. The number of hydrogen-bond donors (Lipinski definition) is 2. The average molecular weight is 263 g/mol. The van der Waals surface area contributed by atoms with Crippen LogP contribution in [-0.4, -0.2) is 42.9 Å². The lowest BCUT2D eigenvalue weighted by Gasteiger charge is -2.09. The summed E-state index contributed by atoms with van der Waals surface area (Å²) in [6, 6.07) is 2.06. The molecular weight excluding hydrogens is 246 g/mol. The molecule has 0 aliphatic carbocycles. The molecule has 7 heteroatoms. The minimum absolute atomic E-state index is 0.0373. The van der Waals surface area contributed by atoms with Crippen LogP contribution in [0, 0.1) is 25.2 Å². The van der Waals surface area contributed by atoms with Gasteiger partial charge in [0.05, 0.1) is 18.8 Å². The predicted molar refractivity (Wildman–Crippen MR) is 69.6 cm³/mol. The molecule has 102 valence electrons. The number of nitriles is 1. The third-order valence-electron chi connectivity index (χ3n) is 2.61. The van der Waals surface area contributed by atoms with E-state index in [1.807, 2.05) is 0 Å². The van der Waals surface area contributed by atoms with Crippen molar-refractivity contribution in [1.82, 2.24) is 15.5 Å². The van der Waals surface area contributed by atoms with Crippen LogP contribution in [0.4, 0.5) is 5.82 Å². The van der Waals surface area contributed by atoms with Gasteiger partial charge in [0.15, 0.2) is 5.82 Å². The van der Waals surface area contributed by atoms with E-state index in [1.165, 1.54) is 0 Å². The molecule has 0 radical (unpaired) electrons. The molecule has 1 amide bonds. The third-order valence-corrected chi connectivity index (χ3v) is 2.61. The Morgan fingerprint density at radius 3 is 2.79 bits per heavy atom. The monoisotopic (exact) mass is 263 g/mol. The van der Waals surface area contributed by atoms with Crippen LogP contribution in [0.3, 0.4) is 0 Å². The summed E-state index contributed by atoms with van der Waals surface area (Å²) in [5, 5.41) is 22.4. The lowest BCUT2D eigenvalue weighted by atomic mass is 10.1. The quantitative estimate of drug-likeness (QED) is 0.708. The van der Waals surface area contributed by atoms with Crippen molar-refractivity contribution in [3.8, 4) is 6.07 Å². The fraction of sp³-hybridized carbons (Fsp3) is 0.500. The van der Waals surface area contributed by atoms with Crippen LogP contribution in [-0.2, 0) is 9.53 Å². The summed E-state index contributed by atoms with van der Waals surface area (Å²) in [7, 11) is 1.56. The number of nitrogens with one attached hydrogen (secondary N) is 2. The van der Waals surface area contributed by atoms with Crippen LogP contribution in [0.5, 0.6) is 0 Å². The standard InChI is InChI=1S/C12H17N5O2/c1-8-9(2)16-17-12(10(8)6-13)15-7-11(18)14-4-5-19-3/h4-5,7H2,1-3H3,(H,14,18)(H,15,17). The summed E-state index contributed by atoms with van der Waals surface area (Å²) in [4.78, 5) is 11.5. The zero-order valence-corrected chi connectivity index (χ0v) is 11.3. The Bertz CT molecular complexity index is 496. The molecule has 7 nitrogen and oxygen atoms in total. The maximum Gasteiger partial charge on any atom is 0.239 e. The average Bonchev–Trinajstić information content (AvgIpc) is 2.40. The number of nitrogens with zero attached hydrogens (tertiary/aromatic N) is 3. The molecule has 0 saturated carbocycles. The summed E-state index contributed by atoms with van der Waals surface area (Å²) < 4.78 is 4.82. The highest BCUT2D eigenvalue weighted by Gasteiger charge is 2.11. The summed E-state index contributed by atoms with van der Waals surface area (Å²) in [6.07, 6.45) is 0. The maximum atomic E-state index is 11.5. The molecular formula is C12H17N5O2. The molecule has 0 fully saturated rings. The van der Waals surface area contributed by atoms with Crippen LogP contribution in [0.25, 0.3) is 0 Å². The van der Waals surface area contributed by atoms with Crippen molar-refractivity contribution >= 4 is 11.7 Å². The highest BCUT2D eigenvalue weighted by Crippen LogP contribution is 2.16. The van der Waals surface area contributed by atoms with Gasteiger partial charge in [-0.2, -0.15) is 10.4 Å². The summed E-state index contributed by atoms with van der Waals surface area (Å²) >= 11 is 0. The van der Waals surface area contributed by atoms with E-state index in [0.717, 1.165) is 5.56 Å². The molecule has 0 atom stereocenters. The number of aryl methyl sites for hydroxylation is 1. The summed E-state index contributed by atoms with van der Waals surface area (Å²) in [5.74, 6) is 0.133. The SMILES string of the molecule is COCCNC(=O)CNc1nnc(C)c(C)c1C#N. The Kier molecular flexibility index (Phi) is 5.70. The number of anilines is 1. The Hall–Kier alpha value is -2.20. The normalized spacial score (nSPS) is 9.79. The van der Waals surface area contributed by atoms with E-state index in [1.54, 1.807) is 21.0 Å². The molecule has 0 aliphatic rings. The number of carbonyl (C=O) groups is 1. The predicted octanol–water partition coefficient (Wildman–Crippen LogP) is 0.140. The topological polar surface area (TPSA) is 99.9 Å². The maximum absolute atomic E-state index is 11.5. The lowest BCUT2D eigenvalue weighted by Crippen LogP contribution is -2.32. The Labute approximate surface area is 112 Å². The minimum Gasteiger partial charge on any atom is -0.383 e. The first kappa shape index (κ1) is 14.9. The smallest absolute Gasteiger partial charge is 0.239 e. The first-order valence-electron chi connectivity index (χ1n) is 5.83. The van der Waals surface area contributed by atoms with Gasteiger partial charge < -0.3 is 15.4 Å². The van der Waals surface area contributed by atoms with Gasteiger partial charge in [0.1, 0.15) is 11.6 Å². The number of methoxy groups -OCH3 is 1. The second-order valence-corrected chi connectivity index (χ2v) is 3.94. The molecule has 0 unspecified atom stereocenters. The molecule has 0 bridgehead atoms. The highest BCUT2D eigenvalue weighted by molar-refractivity contribution is 5.80. The van der Waals surface area contributed by atoms with Crippen molar-refractivity contribution in [2.45, 2.75) is 13.8 Å². The Morgan fingerprint density at radius 1 is 1.42 bits per heavy atom. The fourth-order valence-corrected chi connectivity index (χ4v) is 1.39. The zero-order chi connectivity index (χ0) is 14.3. The van der Waals surface area contributed by atoms with Crippen molar-refractivity contribution < 1.29 is 9.53 Å². The number of rotatable bonds is 6. The van der Waals surface area contributed by atoms with Crippen LogP contribution in [0.2, 0.25) is 0 Å². The summed E-state index contributed by atoms with van der Waals surface area (Å²) in [6.45, 7) is 4.52. The first-order chi connectivity index (χ1) is 9.10. The van der Waals surface area contributed by atoms with E-state index in [9.17, 15) is 4.79 Å². The largest absolute Gasteiger partial charge is 0.383 e. The van der Waals surface area contributed by atoms with Crippen molar-refractivity contribution in [1.29, 1.82) is 5.26 Å². The molecule has 1 aromatic heterocycles. The van der Waals surface area contributed by atoms with E-state index < -0.39 is 0 Å². The number of aromatic nitrogens is 2. The van der Waals surface area contributed by atoms with Crippen LogP contribution in [0.1, 0.15) is 16.8 Å². The number of carbonyl (C=O) groups excluding carboxylic acids is 1. The summed E-state index contributed by atoms with van der Waals surface area (Å²) in [5.41, 5.74) is 1.88. The molecule has 1 rings (SSSR count). The van der Waals surface area contributed by atoms with Gasteiger partial charge in [-0.3, -0.25) is 4.79 Å². The second-order valence-electron chi connectivity index (χ2n) is 3.94. The van der Waals surface area contributed by atoms with Gasteiger partial charge in [0.2, 0.25) is 5.91 Å². The van der Waals surface area contributed by atoms with Crippen molar-refractivity contribution in [2.75, 3.05) is 32.1 Å². The minimum atomic E-state index is -0.194. The van der Waals surface area contributed by atoms with E-state index in [-0.39, 0.29) is 12.5 Å². The zero-order valence-electron chi connectivity index (χ0n) is 11.3. The van der Waals surface area contributed by atoms with E-state index in [0.29, 0.717) is 30.2 Å². The van der Waals surface area contributed by atoms with Crippen molar-refractivity contribution in [3.63, 3.8) is 0 Å². The van der Waals surface area contributed by atoms with Crippen molar-refractivity contribution in [3.05, 3.63) is 16.8 Å². The van der Waals surface area contributed by atoms with Crippen LogP contribution < -0.4 is 10.6 Å². The lowest BCUT2D eigenvalue weighted by molar-refractivity contribution is -0.119. The van der Waals surface area contributed by atoms with Gasteiger partial charge in [0.25, 0.3) is 0 Å². The van der Waals surface area contributed by atoms with Gasteiger partial charge in [-0.25, -0.2) is 0 Å². The van der Waals surface area contributed by atoms with Crippen LogP contribution in [0.15, 0.2) is 0 Å². The second kappa shape index (κ2) is 7.28. The van der Waals surface area contributed by atoms with Gasteiger partial charge in [-0.05, 0) is 19.4 Å². The van der Waals surface area contributed by atoms with Crippen LogP contribution >= 0.6 is 0 Å². The number of hydrogen-bond acceptors (Lipinski definition) is 6. The molecule has 0 saturated heterocycles. The van der Waals surface area contributed by atoms with E-state index in [4.69, 9.17) is 10.00 Å². The van der Waals surface area contributed by atoms with Gasteiger partial charge in [-0.1, -0.05) is 0 Å². The van der Waals surface area contributed by atoms with Crippen molar-refractivity contribution in [2.24, 2.45) is 0 Å². The van der Waals surface area contributed by atoms with E-state index >= 15 is 0 Å². The molecule has 0 aromatic carbocycles. The van der Waals surface area contributed by atoms with Gasteiger partial charge >= 0.3 is 0 Å². The molecule has 0 aliphatic heterocycles. The molecule has 1 aromatic rings. The molecule has 0 spiro atoms. The van der Waals surface area contributed by atoms with Gasteiger partial charge in [-0.15, -0.1) is 5.10 Å². The van der Waals surface area contributed by atoms with E-state index in [2.05, 4.69) is 26.9 Å². The molecule has 19 heavy (non-hydrogen) atoms.